The lowest BCUT2D eigenvalue weighted by Crippen LogP contribution is -2.24. The first-order chi connectivity index (χ1) is 6.97. The monoisotopic (exact) mass is 206 g/mol. The Labute approximate surface area is 90.9 Å². The fourth-order valence-electron chi connectivity index (χ4n) is 1.69. The third-order valence-electron chi connectivity index (χ3n) is 2.58. The maximum absolute atomic E-state index is 11.1. The van der Waals surface area contributed by atoms with Gasteiger partial charge in [-0.1, -0.05) is 38.1 Å². The van der Waals surface area contributed by atoms with E-state index in [1.807, 2.05) is 38.1 Å². The maximum atomic E-state index is 11.1. The lowest BCUT2D eigenvalue weighted by atomic mass is 9.81. The van der Waals surface area contributed by atoms with Gasteiger partial charge in [0.15, 0.2) is 0 Å². The molecular formula is C13H18O2. The van der Waals surface area contributed by atoms with Crippen molar-refractivity contribution < 1.29 is 9.90 Å². The molecule has 0 spiro atoms. The van der Waals surface area contributed by atoms with Crippen LogP contribution in [0.1, 0.15) is 31.9 Å². The standard InChI is InChI=1S/C13H18O2/c1-10(15)8-11-6-4-5-7-12(11)13(2,3)9-14/h4-7,14H,8-9H2,1-3H3. The van der Waals surface area contributed by atoms with Gasteiger partial charge in [0.1, 0.15) is 5.78 Å². The molecule has 0 saturated heterocycles. The van der Waals surface area contributed by atoms with Crippen LogP contribution in [0.15, 0.2) is 24.3 Å². The third kappa shape index (κ3) is 2.90. The van der Waals surface area contributed by atoms with E-state index in [2.05, 4.69) is 0 Å². The average molecular weight is 206 g/mol. The molecule has 2 nitrogen and oxygen atoms in total. The Bertz CT molecular complexity index is 353. The highest BCUT2D eigenvalue weighted by atomic mass is 16.3. The molecule has 1 rings (SSSR count). The predicted octanol–water partition coefficient (Wildman–Crippen LogP) is 2.09. The molecule has 82 valence electrons. The van der Waals surface area contributed by atoms with Crippen molar-refractivity contribution in [2.75, 3.05) is 6.61 Å². The fourth-order valence-corrected chi connectivity index (χ4v) is 1.69. The number of rotatable bonds is 4. The molecule has 0 saturated carbocycles. The Hall–Kier alpha value is -1.15. The van der Waals surface area contributed by atoms with Gasteiger partial charge in [-0.25, -0.2) is 0 Å². The zero-order chi connectivity index (χ0) is 11.5. The SMILES string of the molecule is CC(=O)Cc1ccccc1C(C)(C)CO. The summed E-state index contributed by atoms with van der Waals surface area (Å²) in [6, 6.07) is 7.80. The van der Waals surface area contributed by atoms with Crippen molar-refractivity contribution in [3.63, 3.8) is 0 Å². The van der Waals surface area contributed by atoms with Gasteiger partial charge in [-0.05, 0) is 18.1 Å². The molecular weight excluding hydrogens is 188 g/mol. The van der Waals surface area contributed by atoms with Crippen LogP contribution in [-0.4, -0.2) is 17.5 Å². The molecule has 15 heavy (non-hydrogen) atoms. The summed E-state index contributed by atoms with van der Waals surface area (Å²) in [6.45, 7) is 5.63. The fraction of sp³-hybridized carbons (Fsp3) is 0.462. The van der Waals surface area contributed by atoms with Crippen LogP contribution in [0.4, 0.5) is 0 Å². The van der Waals surface area contributed by atoms with Gasteiger partial charge in [-0.15, -0.1) is 0 Å². The minimum Gasteiger partial charge on any atom is -0.395 e. The molecule has 0 aliphatic heterocycles. The molecule has 0 bridgehead atoms. The molecule has 0 radical (unpaired) electrons. The Morgan fingerprint density at radius 3 is 2.47 bits per heavy atom. The molecule has 0 atom stereocenters. The molecule has 0 unspecified atom stereocenters. The Balaban J connectivity index is 3.11. The smallest absolute Gasteiger partial charge is 0.134 e. The van der Waals surface area contributed by atoms with E-state index in [1.54, 1.807) is 6.92 Å². The second kappa shape index (κ2) is 4.58. The summed E-state index contributed by atoms with van der Waals surface area (Å²) in [5, 5.41) is 9.32. The number of aliphatic hydroxyl groups is 1. The first-order valence-electron chi connectivity index (χ1n) is 5.16. The molecule has 1 aromatic carbocycles. The Morgan fingerprint density at radius 1 is 1.33 bits per heavy atom. The van der Waals surface area contributed by atoms with Gasteiger partial charge in [0.05, 0.1) is 6.61 Å². The number of carbonyl (C=O) groups excluding carboxylic acids is 1. The molecule has 1 aromatic rings. The highest BCUT2D eigenvalue weighted by Crippen LogP contribution is 2.26. The second-order valence-corrected chi connectivity index (χ2v) is 4.58. The lowest BCUT2D eigenvalue weighted by molar-refractivity contribution is -0.116. The lowest BCUT2D eigenvalue weighted by Gasteiger charge is -2.25. The molecule has 0 heterocycles. The minimum atomic E-state index is -0.286. The van der Waals surface area contributed by atoms with E-state index in [0.29, 0.717) is 6.42 Å². The number of Topliss-reactive ketones (excluding diaryl/α,β-unsaturated/α-hetero) is 1. The van der Waals surface area contributed by atoms with Gasteiger partial charge in [-0.3, -0.25) is 4.79 Å². The molecule has 0 aromatic heterocycles. The van der Waals surface area contributed by atoms with Gasteiger partial charge in [0.2, 0.25) is 0 Å². The Morgan fingerprint density at radius 2 is 1.93 bits per heavy atom. The van der Waals surface area contributed by atoms with E-state index in [0.717, 1.165) is 11.1 Å². The number of hydrogen-bond donors (Lipinski definition) is 1. The van der Waals surface area contributed by atoms with Crippen molar-refractivity contribution in [2.24, 2.45) is 0 Å². The highest BCUT2D eigenvalue weighted by Gasteiger charge is 2.22. The van der Waals surface area contributed by atoms with Crippen molar-refractivity contribution >= 4 is 5.78 Å². The normalized spacial score (nSPS) is 11.5. The van der Waals surface area contributed by atoms with Gasteiger partial charge in [0, 0.05) is 11.8 Å². The predicted molar refractivity (Wildman–Crippen MR) is 60.9 cm³/mol. The number of aliphatic hydroxyl groups excluding tert-OH is 1. The van der Waals surface area contributed by atoms with E-state index in [4.69, 9.17) is 0 Å². The van der Waals surface area contributed by atoms with E-state index in [9.17, 15) is 9.90 Å². The number of benzene rings is 1. The summed E-state index contributed by atoms with van der Waals surface area (Å²) in [5.41, 5.74) is 1.79. The van der Waals surface area contributed by atoms with Crippen molar-refractivity contribution in [1.29, 1.82) is 0 Å². The quantitative estimate of drug-likeness (QED) is 0.819. The van der Waals surface area contributed by atoms with E-state index >= 15 is 0 Å². The maximum Gasteiger partial charge on any atom is 0.134 e. The summed E-state index contributed by atoms with van der Waals surface area (Å²) in [5.74, 6) is 0.149. The molecule has 0 amide bonds. The van der Waals surface area contributed by atoms with Crippen molar-refractivity contribution in [3.8, 4) is 0 Å². The van der Waals surface area contributed by atoms with Crippen LogP contribution in [0.3, 0.4) is 0 Å². The summed E-state index contributed by atoms with van der Waals surface area (Å²) >= 11 is 0. The zero-order valence-electron chi connectivity index (χ0n) is 9.58. The minimum absolute atomic E-state index is 0.0852. The third-order valence-corrected chi connectivity index (χ3v) is 2.58. The van der Waals surface area contributed by atoms with Gasteiger partial charge >= 0.3 is 0 Å². The van der Waals surface area contributed by atoms with Crippen molar-refractivity contribution in [3.05, 3.63) is 35.4 Å². The van der Waals surface area contributed by atoms with Crippen molar-refractivity contribution in [1.82, 2.24) is 0 Å². The van der Waals surface area contributed by atoms with E-state index in [-0.39, 0.29) is 17.8 Å². The molecule has 1 N–H and O–H groups in total. The number of ketones is 1. The second-order valence-electron chi connectivity index (χ2n) is 4.58. The average Bonchev–Trinajstić information content (AvgIpc) is 2.17. The van der Waals surface area contributed by atoms with Crippen LogP contribution in [-0.2, 0) is 16.6 Å². The van der Waals surface area contributed by atoms with Gasteiger partial charge in [-0.2, -0.15) is 0 Å². The molecule has 2 heteroatoms. The zero-order valence-corrected chi connectivity index (χ0v) is 9.58. The summed E-state index contributed by atoms with van der Waals surface area (Å²) in [7, 11) is 0. The highest BCUT2D eigenvalue weighted by molar-refractivity contribution is 5.78. The topological polar surface area (TPSA) is 37.3 Å². The van der Waals surface area contributed by atoms with Crippen LogP contribution < -0.4 is 0 Å². The molecule has 0 aliphatic rings. The summed E-state index contributed by atoms with van der Waals surface area (Å²) in [4.78, 5) is 11.1. The van der Waals surface area contributed by atoms with E-state index in [1.165, 1.54) is 0 Å². The largest absolute Gasteiger partial charge is 0.395 e. The van der Waals surface area contributed by atoms with Crippen LogP contribution >= 0.6 is 0 Å². The number of hydrogen-bond acceptors (Lipinski definition) is 2. The number of carbonyl (C=O) groups is 1. The van der Waals surface area contributed by atoms with E-state index < -0.39 is 0 Å². The van der Waals surface area contributed by atoms with Gasteiger partial charge in [0.25, 0.3) is 0 Å². The van der Waals surface area contributed by atoms with Crippen LogP contribution in [0.25, 0.3) is 0 Å². The summed E-state index contributed by atoms with van der Waals surface area (Å²) < 4.78 is 0. The Kier molecular flexibility index (Phi) is 3.64. The van der Waals surface area contributed by atoms with Crippen LogP contribution in [0, 0.1) is 0 Å². The first kappa shape index (κ1) is 11.9. The van der Waals surface area contributed by atoms with Crippen LogP contribution in [0.2, 0.25) is 0 Å². The van der Waals surface area contributed by atoms with Gasteiger partial charge < -0.3 is 5.11 Å². The van der Waals surface area contributed by atoms with Crippen LogP contribution in [0.5, 0.6) is 0 Å². The van der Waals surface area contributed by atoms with Crippen molar-refractivity contribution in [2.45, 2.75) is 32.6 Å². The molecule has 0 aliphatic carbocycles. The first-order valence-corrected chi connectivity index (χ1v) is 5.16. The summed E-state index contributed by atoms with van der Waals surface area (Å²) in [6.07, 6.45) is 0.444. The molecule has 0 fully saturated rings.